The molecule has 0 atom stereocenters. The van der Waals surface area contributed by atoms with Crippen LogP contribution < -0.4 is 24.3 Å². The molecule has 8 heteroatoms. The van der Waals surface area contributed by atoms with Gasteiger partial charge in [0.2, 0.25) is 5.91 Å². The largest absolute Gasteiger partial charge is 0.493 e. The highest BCUT2D eigenvalue weighted by atomic mass is 16.6. The molecule has 8 nitrogen and oxygen atoms in total. The Bertz CT molecular complexity index is 1050. The number of rotatable bonds is 7. The molecule has 1 N–H and O–H groups in total. The van der Waals surface area contributed by atoms with Gasteiger partial charge in [-0.15, -0.1) is 0 Å². The number of anilines is 1. The number of benzene rings is 2. The number of fused-ring (bicyclic) bond motifs is 1. The second-order valence-corrected chi connectivity index (χ2v) is 6.73. The van der Waals surface area contributed by atoms with Crippen molar-refractivity contribution >= 4 is 11.7 Å². The number of ether oxygens (including phenoxy) is 4. The van der Waals surface area contributed by atoms with Gasteiger partial charge >= 0.3 is 0 Å². The van der Waals surface area contributed by atoms with Crippen LogP contribution in [-0.2, 0) is 17.8 Å². The van der Waals surface area contributed by atoms with Crippen molar-refractivity contribution in [3.8, 4) is 23.0 Å². The van der Waals surface area contributed by atoms with Gasteiger partial charge in [-0.3, -0.25) is 4.79 Å². The molecule has 1 aliphatic rings. The van der Waals surface area contributed by atoms with E-state index in [1.54, 1.807) is 31.2 Å². The molecule has 1 aliphatic heterocycles. The highest BCUT2D eigenvalue weighted by Gasteiger charge is 2.15. The maximum atomic E-state index is 12.6. The zero-order valence-corrected chi connectivity index (χ0v) is 16.9. The first-order valence-electron chi connectivity index (χ1n) is 9.58. The Morgan fingerprint density at radius 2 is 1.93 bits per heavy atom. The summed E-state index contributed by atoms with van der Waals surface area (Å²) in [5.41, 5.74) is 1.74. The molecular formula is C22H23N3O5. The first-order valence-corrected chi connectivity index (χ1v) is 9.58. The first-order chi connectivity index (χ1) is 14.7. The van der Waals surface area contributed by atoms with Gasteiger partial charge in [0.25, 0.3) is 0 Å². The Balaban J connectivity index is 1.46. The molecule has 0 aliphatic carbocycles. The van der Waals surface area contributed by atoms with Gasteiger partial charge in [-0.25, -0.2) is 4.68 Å². The maximum Gasteiger partial charge on any atom is 0.229 e. The quantitative estimate of drug-likeness (QED) is 0.646. The molecule has 0 bridgehead atoms. The van der Waals surface area contributed by atoms with E-state index in [-0.39, 0.29) is 12.3 Å². The van der Waals surface area contributed by atoms with E-state index in [0.29, 0.717) is 48.6 Å². The Morgan fingerprint density at radius 1 is 1.10 bits per heavy atom. The van der Waals surface area contributed by atoms with Gasteiger partial charge in [-0.2, -0.15) is 5.10 Å². The van der Waals surface area contributed by atoms with E-state index in [1.165, 1.54) is 0 Å². The third-order valence-electron chi connectivity index (χ3n) is 4.76. The molecule has 0 unspecified atom stereocenters. The molecule has 4 rings (SSSR count). The minimum Gasteiger partial charge on any atom is -0.493 e. The van der Waals surface area contributed by atoms with Gasteiger partial charge in [0.05, 0.1) is 33.4 Å². The average Bonchev–Trinajstić information content (AvgIpc) is 3.19. The van der Waals surface area contributed by atoms with Crippen LogP contribution in [0.15, 0.2) is 48.7 Å². The van der Waals surface area contributed by atoms with Crippen LogP contribution in [0, 0.1) is 0 Å². The molecule has 0 radical (unpaired) electrons. The second-order valence-electron chi connectivity index (χ2n) is 6.73. The molecular weight excluding hydrogens is 386 g/mol. The van der Waals surface area contributed by atoms with Gasteiger partial charge in [-0.1, -0.05) is 18.2 Å². The molecule has 1 aromatic heterocycles. The minimum atomic E-state index is -0.147. The lowest BCUT2D eigenvalue weighted by Crippen LogP contribution is -2.19. The van der Waals surface area contributed by atoms with Gasteiger partial charge in [-0.05, 0) is 23.8 Å². The number of hydrogen-bond acceptors (Lipinski definition) is 6. The number of carbonyl (C=O) groups is 1. The lowest BCUT2D eigenvalue weighted by Gasteiger charge is -2.18. The van der Waals surface area contributed by atoms with Gasteiger partial charge in [0, 0.05) is 11.6 Å². The monoisotopic (exact) mass is 409 g/mol. The Kier molecular flexibility index (Phi) is 5.74. The number of methoxy groups -OCH3 is 2. The van der Waals surface area contributed by atoms with Crippen LogP contribution in [0.3, 0.4) is 0 Å². The van der Waals surface area contributed by atoms with Crippen molar-refractivity contribution in [2.75, 3.05) is 32.8 Å². The highest BCUT2D eigenvalue weighted by Crippen LogP contribution is 2.32. The van der Waals surface area contributed by atoms with Crippen LogP contribution in [0.25, 0.3) is 0 Å². The van der Waals surface area contributed by atoms with Crippen LogP contribution in [0.1, 0.15) is 11.1 Å². The number of aromatic nitrogens is 2. The van der Waals surface area contributed by atoms with Gasteiger partial charge < -0.3 is 24.3 Å². The summed E-state index contributed by atoms with van der Waals surface area (Å²) in [5, 5.41) is 7.25. The topological polar surface area (TPSA) is 83.8 Å². The first kappa shape index (κ1) is 19.6. The van der Waals surface area contributed by atoms with E-state index in [4.69, 9.17) is 18.9 Å². The summed E-state index contributed by atoms with van der Waals surface area (Å²) in [6.07, 6.45) is 1.86. The molecule has 2 heterocycles. The van der Waals surface area contributed by atoms with Crippen LogP contribution in [0.4, 0.5) is 5.82 Å². The van der Waals surface area contributed by atoms with E-state index >= 15 is 0 Å². The average molecular weight is 409 g/mol. The molecule has 3 aromatic rings. The summed E-state index contributed by atoms with van der Waals surface area (Å²) < 4.78 is 23.7. The molecule has 0 saturated heterocycles. The van der Waals surface area contributed by atoms with E-state index in [9.17, 15) is 4.79 Å². The summed E-state index contributed by atoms with van der Waals surface area (Å²) in [7, 11) is 3.19. The van der Waals surface area contributed by atoms with Crippen molar-refractivity contribution < 1.29 is 23.7 Å². The standard InChI is InChI=1S/C22H23N3O5/c1-27-18-5-3-4-16(22(18)28-2)14-25-20(8-9-23-25)24-21(26)13-15-6-7-17-19(12-15)30-11-10-29-17/h3-9,12H,10-11,13-14H2,1-2H3,(H,24,26). The van der Waals surface area contributed by atoms with Crippen LogP contribution in [0.2, 0.25) is 0 Å². The highest BCUT2D eigenvalue weighted by molar-refractivity contribution is 5.91. The number of hydrogen-bond donors (Lipinski definition) is 1. The SMILES string of the molecule is COc1cccc(Cn2nccc2NC(=O)Cc2ccc3c(c2)OCCO3)c1OC. The summed E-state index contributed by atoms with van der Waals surface area (Å²) in [4.78, 5) is 12.6. The number of nitrogens with one attached hydrogen (secondary N) is 1. The Labute approximate surface area is 174 Å². The molecule has 0 fully saturated rings. The molecule has 2 aromatic carbocycles. The normalized spacial score (nSPS) is 12.3. The zero-order valence-electron chi connectivity index (χ0n) is 16.9. The maximum absolute atomic E-state index is 12.6. The van der Waals surface area contributed by atoms with Crippen molar-refractivity contribution in [2.24, 2.45) is 0 Å². The summed E-state index contributed by atoms with van der Waals surface area (Å²) >= 11 is 0. The van der Waals surface area contributed by atoms with Crippen LogP contribution >= 0.6 is 0 Å². The predicted molar refractivity (Wildman–Crippen MR) is 111 cm³/mol. The van der Waals surface area contributed by atoms with Crippen molar-refractivity contribution in [3.05, 3.63) is 59.8 Å². The van der Waals surface area contributed by atoms with E-state index in [2.05, 4.69) is 10.4 Å². The van der Waals surface area contributed by atoms with Crippen LogP contribution in [-0.4, -0.2) is 43.1 Å². The minimum absolute atomic E-state index is 0.147. The van der Waals surface area contributed by atoms with E-state index < -0.39 is 0 Å². The second kappa shape index (κ2) is 8.77. The van der Waals surface area contributed by atoms with Gasteiger partial charge in [0.1, 0.15) is 19.0 Å². The van der Waals surface area contributed by atoms with E-state index in [1.807, 2.05) is 36.4 Å². The number of amides is 1. The Hall–Kier alpha value is -3.68. The van der Waals surface area contributed by atoms with Gasteiger partial charge in [0.15, 0.2) is 23.0 Å². The lowest BCUT2D eigenvalue weighted by atomic mass is 10.1. The third-order valence-corrected chi connectivity index (χ3v) is 4.76. The third kappa shape index (κ3) is 4.17. The predicted octanol–water partition coefficient (Wildman–Crippen LogP) is 2.90. The molecule has 0 saturated carbocycles. The van der Waals surface area contributed by atoms with E-state index in [0.717, 1.165) is 11.1 Å². The number of carbonyl (C=O) groups excluding carboxylic acids is 1. The summed E-state index contributed by atoms with van der Waals surface area (Å²) in [6.45, 7) is 1.47. The fourth-order valence-electron chi connectivity index (χ4n) is 3.37. The van der Waals surface area contributed by atoms with Crippen molar-refractivity contribution in [1.82, 2.24) is 9.78 Å². The van der Waals surface area contributed by atoms with Crippen molar-refractivity contribution in [1.29, 1.82) is 0 Å². The zero-order chi connectivity index (χ0) is 20.9. The van der Waals surface area contributed by atoms with Crippen molar-refractivity contribution in [2.45, 2.75) is 13.0 Å². The fourth-order valence-corrected chi connectivity index (χ4v) is 3.37. The Morgan fingerprint density at radius 3 is 2.73 bits per heavy atom. The smallest absolute Gasteiger partial charge is 0.229 e. The summed E-state index contributed by atoms with van der Waals surface area (Å²) in [5.74, 6) is 3.11. The molecule has 156 valence electrons. The molecule has 0 spiro atoms. The fraction of sp³-hybridized carbons (Fsp3) is 0.273. The van der Waals surface area contributed by atoms with Crippen molar-refractivity contribution in [3.63, 3.8) is 0 Å². The number of nitrogens with zero attached hydrogens (tertiary/aromatic N) is 2. The summed E-state index contributed by atoms with van der Waals surface area (Å²) in [6, 6.07) is 13.0. The lowest BCUT2D eigenvalue weighted by molar-refractivity contribution is -0.115. The molecule has 30 heavy (non-hydrogen) atoms. The molecule has 1 amide bonds. The van der Waals surface area contributed by atoms with Crippen LogP contribution in [0.5, 0.6) is 23.0 Å². The number of para-hydroxylation sites is 1.